The maximum absolute atomic E-state index is 3.76. The van der Waals surface area contributed by atoms with Crippen molar-refractivity contribution in [3.63, 3.8) is 0 Å². The predicted octanol–water partition coefficient (Wildman–Crippen LogP) is 4.07. The topological polar surface area (TPSA) is 0 Å². The third-order valence-corrected chi connectivity index (χ3v) is 1.51. The lowest BCUT2D eigenvalue weighted by Gasteiger charge is -1.85. The SMILES string of the molecule is [CH2]CCC=CCC=CCCC=C. The summed E-state index contributed by atoms with van der Waals surface area (Å²) >= 11 is 0. The molecule has 67 valence electrons. The van der Waals surface area contributed by atoms with Crippen LogP contribution in [0.4, 0.5) is 0 Å². The zero-order chi connectivity index (χ0) is 9.07. The molecule has 0 nitrogen and oxygen atoms in total. The molecule has 0 saturated heterocycles. The Hall–Kier alpha value is -0.780. The molecule has 0 unspecified atom stereocenters. The summed E-state index contributed by atoms with van der Waals surface area (Å²) in [6.07, 6.45) is 16.1. The second kappa shape index (κ2) is 10.2. The van der Waals surface area contributed by atoms with Crippen LogP contribution < -0.4 is 0 Å². The Balaban J connectivity index is 3.17. The zero-order valence-corrected chi connectivity index (χ0v) is 7.84. The second-order valence-corrected chi connectivity index (χ2v) is 2.69. The van der Waals surface area contributed by atoms with Gasteiger partial charge >= 0.3 is 0 Å². The van der Waals surface area contributed by atoms with Crippen molar-refractivity contribution in [2.45, 2.75) is 32.1 Å². The highest BCUT2D eigenvalue weighted by atomic mass is 13.8. The van der Waals surface area contributed by atoms with E-state index in [1.807, 2.05) is 6.08 Å². The van der Waals surface area contributed by atoms with Crippen molar-refractivity contribution < 1.29 is 0 Å². The number of hydrogen-bond acceptors (Lipinski definition) is 0. The fraction of sp³-hybridized carbons (Fsp3) is 0.417. The molecule has 0 aliphatic carbocycles. The Kier molecular flexibility index (Phi) is 9.56. The Morgan fingerprint density at radius 2 is 1.50 bits per heavy atom. The molecule has 0 aliphatic rings. The molecule has 0 fully saturated rings. The van der Waals surface area contributed by atoms with Gasteiger partial charge in [0.2, 0.25) is 0 Å². The molecule has 0 N–H and O–H groups in total. The Bertz CT molecular complexity index is 140. The summed E-state index contributed by atoms with van der Waals surface area (Å²) in [7, 11) is 0. The molecule has 0 spiro atoms. The van der Waals surface area contributed by atoms with Gasteiger partial charge < -0.3 is 0 Å². The lowest BCUT2D eigenvalue weighted by atomic mass is 10.2. The largest absolute Gasteiger partial charge is 0.103 e. The standard InChI is InChI=1S/C12H19/c1-3-5-7-9-11-12-10-8-6-4-2/h3,8-11H,1-2,4-7,12H2. The first-order valence-corrected chi connectivity index (χ1v) is 4.62. The van der Waals surface area contributed by atoms with Crippen LogP contribution >= 0.6 is 0 Å². The summed E-state index contributed by atoms with van der Waals surface area (Å²) < 4.78 is 0. The second-order valence-electron chi connectivity index (χ2n) is 2.69. The highest BCUT2D eigenvalue weighted by Crippen LogP contribution is 1.95. The van der Waals surface area contributed by atoms with Gasteiger partial charge in [0, 0.05) is 0 Å². The van der Waals surface area contributed by atoms with Gasteiger partial charge in [0.1, 0.15) is 0 Å². The van der Waals surface area contributed by atoms with E-state index in [4.69, 9.17) is 0 Å². The van der Waals surface area contributed by atoms with E-state index in [1.54, 1.807) is 0 Å². The summed E-state index contributed by atoms with van der Waals surface area (Å²) in [6, 6.07) is 0. The fourth-order valence-electron chi connectivity index (χ4n) is 0.839. The van der Waals surface area contributed by atoms with Crippen molar-refractivity contribution in [1.29, 1.82) is 0 Å². The van der Waals surface area contributed by atoms with E-state index in [0.717, 1.165) is 32.1 Å². The van der Waals surface area contributed by atoms with E-state index < -0.39 is 0 Å². The minimum Gasteiger partial charge on any atom is -0.103 e. The van der Waals surface area contributed by atoms with Gasteiger partial charge in [-0.25, -0.2) is 0 Å². The molecule has 0 amide bonds. The first kappa shape index (κ1) is 11.2. The van der Waals surface area contributed by atoms with Crippen molar-refractivity contribution in [2.24, 2.45) is 0 Å². The third-order valence-electron chi connectivity index (χ3n) is 1.51. The minimum absolute atomic E-state index is 0.997. The van der Waals surface area contributed by atoms with Gasteiger partial charge in [-0.05, 0) is 32.1 Å². The molecule has 0 heteroatoms. The van der Waals surface area contributed by atoms with Gasteiger partial charge in [0.25, 0.3) is 0 Å². The number of unbranched alkanes of at least 4 members (excludes halogenated alkanes) is 2. The summed E-state index contributed by atoms with van der Waals surface area (Å²) in [5.41, 5.74) is 0. The van der Waals surface area contributed by atoms with Crippen LogP contribution in [-0.4, -0.2) is 0 Å². The molecule has 0 aliphatic heterocycles. The summed E-state index contributed by atoms with van der Waals surface area (Å²) in [5, 5.41) is 0. The monoisotopic (exact) mass is 163 g/mol. The summed E-state index contributed by atoms with van der Waals surface area (Å²) in [6.45, 7) is 7.43. The first-order valence-electron chi connectivity index (χ1n) is 4.62. The van der Waals surface area contributed by atoms with E-state index in [9.17, 15) is 0 Å². The molecule has 0 aromatic carbocycles. The molecule has 0 heterocycles. The maximum atomic E-state index is 3.76. The van der Waals surface area contributed by atoms with Crippen LogP contribution in [0.3, 0.4) is 0 Å². The highest BCUT2D eigenvalue weighted by Gasteiger charge is 1.75. The fourth-order valence-corrected chi connectivity index (χ4v) is 0.839. The Morgan fingerprint density at radius 1 is 0.833 bits per heavy atom. The first-order chi connectivity index (χ1) is 5.91. The number of hydrogen-bond donors (Lipinski definition) is 0. The van der Waals surface area contributed by atoms with Gasteiger partial charge in [-0.3, -0.25) is 0 Å². The summed E-state index contributed by atoms with van der Waals surface area (Å²) in [5.74, 6) is 0. The maximum Gasteiger partial charge on any atom is -0.0169 e. The molecule has 0 bridgehead atoms. The van der Waals surface area contributed by atoms with E-state index in [2.05, 4.69) is 37.8 Å². The van der Waals surface area contributed by atoms with Gasteiger partial charge in [-0.1, -0.05) is 37.3 Å². The molecule has 12 heavy (non-hydrogen) atoms. The van der Waals surface area contributed by atoms with E-state index in [0.29, 0.717) is 0 Å². The van der Waals surface area contributed by atoms with Crippen molar-refractivity contribution in [2.75, 3.05) is 0 Å². The predicted molar refractivity (Wildman–Crippen MR) is 56.9 cm³/mol. The smallest absolute Gasteiger partial charge is 0.0169 e. The van der Waals surface area contributed by atoms with E-state index in [-0.39, 0.29) is 0 Å². The van der Waals surface area contributed by atoms with Crippen LogP contribution in [0.15, 0.2) is 37.0 Å². The normalized spacial score (nSPS) is 11.4. The average Bonchev–Trinajstić information content (AvgIpc) is 2.10. The van der Waals surface area contributed by atoms with Crippen LogP contribution in [0.1, 0.15) is 32.1 Å². The van der Waals surface area contributed by atoms with Crippen molar-refractivity contribution in [1.82, 2.24) is 0 Å². The van der Waals surface area contributed by atoms with Crippen LogP contribution in [0.5, 0.6) is 0 Å². The van der Waals surface area contributed by atoms with Crippen molar-refractivity contribution in [3.8, 4) is 0 Å². The Labute approximate surface area is 76.7 Å². The van der Waals surface area contributed by atoms with E-state index in [1.165, 1.54) is 0 Å². The van der Waals surface area contributed by atoms with Gasteiger partial charge in [0.15, 0.2) is 0 Å². The molecule has 0 aromatic heterocycles. The van der Waals surface area contributed by atoms with Crippen LogP contribution in [0.25, 0.3) is 0 Å². The molecule has 0 rings (SSSR count). The summed E-state index contributed by atoms with van der Waals surface area (Å²) in [4.78, 5) is 0. The molecular weight excluding hydrogens is 144 g/mol. The molecule has 0 aromatic rings. The molecular formula is C12H19. The minimum atomic E-state index is 0.997. The number of allylic oxidation sites excluding steroid dienone is 5. The molecule has 1 radical (unpaired) electrons. The lowest BCUT2D eigenvalue weighted by Crippen LogP contribution is -1.65. The highest BCUT2D eigenvalue weighted by molar-refractivity contribution is 4.93. The number of rotatable bonds is 7. The third kappa shape index (κ3) is 9.22. The average molecular weight is 163 g/mol. The molecule has 0 atom stereocenters. The van der Waals surface area contributed by atoms with Gasteiger partial charge in [-0.2, -0.15) is 0 Å². The zero-order valence-electron chi connectivity index (χ0n) is 7.84. The van der Waals surface area contributed by atoms with Crippen LogP contribution in [-0.2, 0) is 0 Å². The molecule has 0 saturated carbocycles. The van der Waals surface area contributed by atoms with Crippen LogP contribution in [0, 0.1) is 6.92 Å². The Morgan fingerprint density at radius 3 is 2.08 bits per heavy atom. The van der Waals surface area contributed by atoms with E-state index >= 15 is 0 Å². The van der Waals surface area contributed by atoms with Gasteiger partial charge in [-0.15, -0.1) is 6.58 Å². The van der Waals surface area contributed by atoms with Gasteiger partial charge in [0.05, 0.1) is 0 Å². The van der Waals surface area contributed by atoms with Crippen molar-refractivity contribution in [3.05, 3.63) is 43.9 Å². The van der Waals surface area contributed by atoms with Crippen LogP contribution in [0.2, 0.25) is 0 Å². The van der Waals surface area contributed by atoms with Crippen molar-refractivity contribution >= 4 is 0 Å². The lowest BCUT2D eigenvalue weighted by molar-refractivity contribution is 1.03. The quantitative estimate of drug-likeness (QED) is 0.392.